The molecule has 0 saturated carbocycles. The van der Waals surface area contributed by atoms with Gasteiger partial charge in [-0.3, -0.25) is 14.7 Å². The summed E-state index contributed by atoms with van der Waals surface area (Å²) in [6, 6.07) is 9.20. The molecule has 1 aliphatic rings. The molecule has 1 amide bonds. The van der Waals surface area contributed by atoms with Gasteiger partial charge in [0.25, 0.3) is 5.91 Å². The van der Waals surface area contributed by atoms with Crippen LogP contribution in [-0.4, -0.2) is 33.3 Å². The average Bonchev–Trinajstić information content (AvgIpc) is 3.29. The SMILES string of the molecule is CC(=O)c1cc(C(=O)N2CCc3[nH]nc(-c4ccc(Cl)cc4)c3C2)cs1. The molecule has 3 heterocycles. The highest BCUT2D eigenvalue weighted by molar-refractivity contribution is 7.12. The number of H-pyrrole nitrogens is 1. The molecule has 0 fully saturated rings. The molecule has 5 nitrogen and oxygen atoms in total. The number of Topliss-reactive ketones (excluding diaryl/α,β-unsaturated/α-hetero) is 1. The summed E-state index contributed by atoms with van der Waals surface area (Å²) in [6.07, 6.45) is 0.728. The number of hydrogen-bond acceptors (Lipinski definition) is 4. The number of aromatic amines is 1. The first kappa shape index (κ1) is 17.0. The summed E-state index contributed by atoms with van der Waals surface area (Å²) in [6.45, 7) is 2.63. The van der Waals surface area contributed by atoms with E-state index in [1.165, 1.54) is 18.3 Å². The maximum absolute atomic E-state index is 12.8. The average molecular weight is 386 g/mol. The molecule has 0 spiro atoms. The number of carbonyl (C=O) groups excluding carboxylic acids is 2. The van der Waals surface area contributed by atoms with Gasteiger partial charge in [0.1, 0.15) is 0 Å². The van der Waals surface area contributed by atoms with Crippen LogP contribution < -0.4 is 0 Å². The summed E-state index contributed by atoms with van der Waals surface area (Å²) in [4.78, 5) is 26.7. The van der Waals surface area contributed by atoms with Crippen molar-refractivity contribution in [2.75, 3.05) is 6.54 Å². The first-order valence-electron chi connectivity index (χ1n) is 8.23. The molecule has 0 radical (unpaired) electrons. The van der Waals surface area contributed by atoms with E-state index in [1.54, 1.807) is 11.4 Å². The Balaban J connectivity index is 1.60. The summed E-state index contributed by atoms with van der Waals surface area (Å²) in [5.74, 6) is -0.0718. The Bertz CT molecular complexity index is 991. The lowest BCUT2D eigenvalue weighted by Crippen LogP contribution is -2.35. The molecule has 7 heteroatoms. The Morgan fingerprint density at radius 1 is 1.27 bits per heavy atom. The maximum atomic E-state index is 12.8. The predicted molar refractivity (Wildman–Crippen MR) is 102 cm³/mol. The number of hydrogen-bond donors (Lipinski definition) is 1. The van der Waals surface area contributed by atoms with Gasteiger partial charge in [0, 0.05) is 46.7 Å². The summed E-state index contributed by atoms with van der Waals surface area (Å²) >= 11 is 7.28. The minimum Gasteiger partial charge on any atom is -0.334 e. The number of ketones is 1. The zero-order valence-electron chi connectivity index (χ0n) is 14.1. The zero-order chi connectivity index (χ0) is 18.3. The highest BCUT2D eigenvalue weighted by atomic mass is 35.5. The van der Waals surface area contributed by atoms with Crippen LogP contribution in [0.2, 0.25) is 5.02 Å². The first-order valence-corrected chi connectivity index (χ1v) is 9.49. The number of nitrogens with one attached hydrogen (secondary N) is 1. The lowest BCUT2D eigenvalue weighted by atomic mass is 10.0. The molecular formula is C19H16ClN3O2S. The third-order valence-electron chi connectivity index (χ3n) is 4.53. The van der Waals surface area contributed by atoms with E-state index in [2.05, 4.69) is 10.2 Å². The smallest absolute Gasteiger partial charge is 0.255 e. The highest BCUT2D eigenvalue weighted by Gasteiger charge is 2.27. The summed E-state index contributed by atoms with van der Waals surface area (Å²) in [5, 5.41) is 9.97. The van der Waals surface area contributed by atoms with Gasteiger partial charge in [-0.05, 0) is 25.1 Å². The van der Waals surface area contributed by atoms with Crippen LogP contribution >= 0.6 is 22.9 Å². The van der Waals surface area contributed by atoms with E-state index in [1.807, 2.05) is 29.2 Å². The van der Waals surface area contributed by atoms with Crippen LogP contribution in [0.3, 0.4) is 0 Å². The Labute approximate surface area is 159 Å². The van der Waals surface area contributed by atoms with E-state index in [9.17, 15) is 9.59 Å². The standard InChI is InChI=1S/C19H16ClN3O2S/c1-11(24)17-8-13(10-26-17)19(25)23-7-6-16-15(9-23)18(22-21-16)12-2-4-14(20)5-3-12/h2-5,8,10H,6-7,9H2,1H3,(H,21,22). The van der Waals surface area contributed by atoms with Crippen molar-refractivity contribution < 1.29 is 9.59 Å². The quantitative estimate of drug-likeness (QED) is 0.687. The lowest BCUT2D eigenvalue weighted by molar-refractivity contribution is 0.0735. The fourth-order valence-electron chi connectivity index (χ4n) is 3.13. The molecule has 0 saturated heterocycles. The second-order valence-corrected chi connectivity index (χ2v) is 7.62. The van der Waals surface area contributed by atoms with Crippen molar-refractivity contribution in [3.05, 3.63) is 62.4 Å². The number of benzene rings is 1. The van der Waals surface area contributed by atoms with Crippen molar-refractivity contribution >= 4 is 34.6 Å². The van der Waals surface area contributed by atoms with Gasteiger partial charge < -0.3 is 4.90 Å². The third kappa shape index (κ3) is 3.06. The van der Waals surface area contributed by atoms with E-state index < -0.39 is 0 Å². The number of carbonyl (C=O) groups is 2. The molecule has 1 aromatic carbocycles. The Hall–Kier alpha value is -2.44. The number of amides is 1. The number of aromatic nitrogens is 2. The van der Waals surface area contributed by atoms with Crippen molar-refractivity contribution in [2.45, 2.75) is 19.9 Å². The van der Waals surface area contributed by atoms with Gasteiger partial charge in [0.15, 0.2) is 5.78 Å². The Morgan fingerprint density at radius 2 is 2.04 bits per heavy atom. The van der Waals surface area contributed by atoms with Crippen LogP contribution in [0.25, 0.3) is 11.3 Å². The van der Waals surface area contributed by atoms with Gasteiger partial charge in [-0.1, -0.05) is 23.7 Å². The van der Waals surface area contributed by atoms with E-state index in [0.717, 1.165) is 28.9 Å². The Kier molecular flexibility index (Phi) is 4.38. The van der Waals surface area contributed by atoms with Crippen LogP contribution in [-0.2, 0) is 13.0 Å². The molecule has 0 unspecified atom stereocenters. The minimum atomic E-state index is -0.0531. The number of fused-ring (bicyclic) bond motifs is 1. The van der Waals surface area contributed by atoms with Crippen LogP contribution in [0.5, 0.6) is 0 Å². The molecule has 26 heavy (non-hydrogen) atoms. The van der Waals surface area contributed by atoms with Gasteiger partial charge in [-0.2, -0.15) is 5.10 Å². The maximum Gasteiger partial charge on any atom is 0.255 e. The molecule has 0 aliphatic carbocycles. The third-order valence-corrected chi connectivity index (χ3v) is 5.81. The molecule has 3 aromatic rings. The predicted octanol–water partition coefficient (Wildman–Crippen LogP) is 4.19. The first-order chi connectivity index (χ1) is 12.5. The molecular weight excluding hydrogens is 370 g/mol. The molecule has 132 valence electrons. The fourth-order valence-corrected chi connectivity index (χ4v) is 4.04. The number of rotatable bonds is 3. The molecule has 1 N–H and O–H groups in total. The van der Waals surface area contributed by atoms with Crippen molar-refractivity contribution in [3.8, 4) is 11.3 Å². The zero-order valence-corrected chi connectivity index (χ0v) is 15.7. The van der Waals surface area contributed by atoms with E-state index in [-0.39, 0.29) is 11.7 Å². The van der Waals surface area contributed by atoms with Crippen molar-refractivity contribution in [2.24, 2.45) is 0 Å². The van der Waals surface area contributed by atoms with Gasteiger partial charge in [-0.15, -0.1) is 11.3 Å². The number of halogens is 1. The summed E-state index contributed by atoms with van der Waals surface area (Å²) in [5.41, 5.74) is 4.49. The van der Waals surface area contributed by atoms with Crippen molar-refractivity contribution in [1.82, 2.24) is 15.1 Å². The number of thiophene rings is 1. The topological polar surface area (TPSA) is 66.1 Å². The lowest BCUT2D eigenvalue weighted by Gasteiger charge is -2.27. The van der Waals surface area contributed by atoms with E-state index >= 15 is 0 Å². The second-order valence-electron chi connectivity index (χ2n) is 6.27. The highest BCUT2D eigenvalue weighted by Crippen LogP contribution is 2.30. The van der Waals surface area contributed by atoms with Crippen molar-refractivity contribution in [1.29, 1.82) is 0 Å². The van der Waals surface area contributed by atoms with Crippen LogP contribution in [0.4, 0.5) is 0 Å². The second kappa shape index (κ2) is 6.70. The van der Waals surface area contributed by atoms with Crippen LogP contribution in [0, 0.1) is 0 Å². The van der Waals surface area contributed by atoms with E-state index in [4.69, 9.17) is 11.6 Å². The molecule has 1 aliphatic heterocycles. The van der Waals surface area contributed by atoms with Gasteiger partial charge in [-0.25, -0.2) is 0 Å². The summed E-state index contributed by atoms with van der Waals surface area (Å²) in [7, 11) is 0. The van der Waals surface area contributed by atoms with E-state index in [0.29, 0.717) is 28.6 Å². The van der Waals surface area contributed by atoms with Gasteiger partial charge >= 0.3 is 0 Å². The molecule has 0 bridgehead atoms. The number of nitrogens with zero attached hydrogens (tertiary/aromatic N) is 2. The van der Waals surface area contributed by atoms with Gasteiger partial charge in [0.2, 0.25) is 0 Å². The van der Waals surface area contributed by atoms with Crippen molar-refractivity contribution in [3.63, 3.8) is 0 Å². The summed E-state index contributed by atoms with van der Waals surface area (Å²) < 4.78 is 0. The largest absolute Gasteiger partial charge is 0.334 e. The Morgan fingerprint density at radius 3 is 2.73 bits per heavy atom. The molecule has 0 atom stereocenters. The minimum absolute atomic E-state index is 0.0187. The molecule has 4 rings (SSSR count). The monoisotopic (exact) mass is 385 g/mol. The van der Waals surface area contributed by atoms with Gasteiger partial charge in [0.05, 0.1) is 16.1 Å². The fraction of sp³-hybridized carbons (Fsp3) is 0.211. The normalized spacial score (nSPS) is 13.5. The molecule has 2 aromatic heterocycles. The van der Waals surface area contributed by atoms with Crippen LogP contribution in [0.15, 0.2) is 35.7 Å². The van der Waals surface area contributed by atoms with Crippen LogP contribution in [0.1, 0.15) is 38.2 Å².